The molecule has 0 radical (unpaired) electrons. The van der Waals surface area contributed by atoms with Crippen LogP contribution < -0.4 is 5.73 Å². The lowest BCUT2D eigenvalue weighted by molar-refractivity contribution is -0.145. The molecular formula is C15H27NO4. The van der Waals surface area contributed by atoms with Gasteiger partial charge in [-0.2, -0.15) is 0 Å². The highest BCUT2D eigenvalue weighted by atomic mass is 16.5. The molecule has 116 valence electrons. The standard InChI is InChI=1S/C15H27NO4/c1-3-19-14(17)10-12-7-5-11(6-8-12)9-13(16)15(18)20-4-2/h11-13H,3-10,16H2,1-2H3. The van der Waals surface area contributed by atoms with E-state index in [4.69, 9.17) is 15.2 Å². The molecule has 0 aliphatic heterocycles. The first-order valence-corrected chi connectivity index (χ1v) is 7.64. The molecule has 0 aromatic rings. The molecule has 1 fully saturated rings. The van der Waals surface area contributed by atoms with Gasteiger partial charge in [-0.25, -0.2) is 0 Å². The summed E-state index contributed by atoms with van der Waals surface area (Å²) < 4.78 is 9.89. The molecule has 0 spiro atoms. The van der Waals surface area contributed by atoms with Crippen molar-refractivity contribution in [1.29, 1.82) is 0 Å². The summed E-state index contributed by atoms with van der Waals surface area (Å²) in [5.41, 5.74) is 5.84. The van der Waals surface area contributed by atoms with Crippen LogP contribution in [0.1, 0.15) is 52.4 Å². The molecule has 1 aliphatic rings. The summed E-state index contributed by atoms with van der Waals surface area (Å²) in [7, 11) is 0. The van der Waals surface area contributed by atoms with E-state index in [0.29, 0.717) is 37.9 Å². The Kier molecular flexibility index (Phi) is 7.59. The predicted molar refractivity (Wildman–Crippen MR) is 75.9 cm³/mol. The van der Waals surface area contributed by atoms with Gasteiger partial charge >= 0.3 is 11.9 Å². The van der Waals surface area contributed by atoms with Crippen molar-refractivity contribution < 1.29 is 19.1 Å². The highest BCUT2D eigenvalue weighted by Gasteiger charge is 2.26. The van der Waals surface area contributed by atoms with Crippen molar-refractivity contribution in [2.75, 3.05) is 13.2 Å². The molecule has 20 heavy (non-hydrogen) atoms. The summed E-state index contributed by atoms with van der Waals surface area (Å²) >= 11 is 0. The molecule has 5 heteroatoms. The van der Waals surface area contributed by atoms with Gasteiger partial charge in [0.25, 0.3) is 0 Å². The number of hydrogen-bond donors (Lipinski definition) is 1. The Morgan fingerprint density at radius 1 is 1.05 bits per heavy atom. The van der Waals surface area contributed by atoms with Crippen LogP contribution in [0.4, 0.5) is 0 Å². The first kappa shape index (κ1) is 17.0. The molecule has 1 unspecified atom stereocenters. The zero-order chi connectivity index (χ0) is 15.0. The van der Waals surface area contributed by atoms with Crippen LogP contribution in [0.5, 0.6) is 0 Å². The summed E-state index contributed by atoms with van der Waals surface area (Å²) in [5, 5.41) is 0. The lowest BCUT2D eigenvalue weighted by atomic mass is 9.78. The number of hydrogen-bond acceptors (Lipinski definition) is 5. The number of carbonyl (C=O) groups excluding carboxylic acids is 2. The molecule has 0 aromatic heterocycles. The van der Waals surface area contributed by atoms with Crippen molar-refractivity contribution >= 4 is 11.9 Å². The van der Waals surface area contributed by atoms with E-state index in [2.05, 4.69) is 0 Å². The van der Waals surface area contributed by atoms with E-state index in [-0.39, 0.29) is 11.9 Å². The van der Waals surface area contributed by atoms with Crippen molar-refractivity contribution in [2.24, 2.45) is 17.6 Å². The SMILES string of the molecule is CCOC(=O)CC1CCC(CC(N)C(=O)OCC)CC1. The Morgan fingerprint density at radius 3 is 2.15 bits per heavy atom. The molecule has 0 aromatic carbocycles. The van der Waals surface area contributed by atoms with Crippen LogP contribution in [0.3, 0.4) is 0 Å². The minimum Gasteiger partial charge on any atom is -0.466 e. The summed E-state index contributed by atoms with van der Waals surface area (Å²) in [6.45, 7) is 4.43. The number of nitrogens with two attached hydrogens (primary N) is 1. The van der Waals surface area contributed by atoms with Crippen molar-refractivity contribution in [3.05, 3.63) is 0 Å². The van der Waals surface area contributed by atoms with Crippen LogP contribution in [-0.2, 0) is 19.1 Å². The molecule has 1 rings (SSSR count). The summed E-state index contributed by atoms with van der Waals surface area (Å²) in [6.07, 6.45) is 5.28. The van der Waals surface area contributed by atoms with E-state index in [9.17, 15) is 9.59 Å². The second-order valence-electron chi connectivity index (χ2n) is 5.49. The molecule has 0 bridgehead atoms. The van der Waals surface area contributed by atoms with Gasteiger partial charge in [0.05, 0.1) is 13.2 Å². The van der Waals surface area contributed by atoms with E-state index in [1.165, 1.54) is 0 Å². The highest BCUT2D eigenvalue weighted by Crippen LogP contribution is 2.33. The molecule has 5 nitrogen and oxygen atoms in total. The number of esters is 2. The van der Waals surface area contributed by atoms with Crippen molar-refractivity contribution in [1.82, 2.24) is 0 Å². The minimum atomic E-state index is -0.512. The molecule has 1 atom stereocenters. The van der Waals surface area contributed by atoms with E-state index < -0.39 is 6.04 Å². The van der Waals surface area contributed by atoms with Gasteiger partial charge in [0.2, 0.25) is 0 Å². The van der Waals surface area contributed by atoms with Crippen LogP contribution in [0.25, 0.3) is 0 Å². The monoisotopic (exact) mass is 285 g/mol. The predicted octanol–water partition coefficient (Wildman–Crippen LogP) is 2.03. The van der Waals surface area contributed by atoms with E-state index >= 15 is 0 Å². The lowest BCUT2D eigenvalue weighted by Crippen LogP contribution is -2.35. The third kappa shape index (κ3) is 5.90. The fraction of sp³-hybridized carbons (Fsp3) is 0.867. The first-order valence-electron chi connectivity index (χ1n) is 7.64. The first-order chi connectivity index (χ1) is 9.56. The van der Waals surface area contributed by atoms with Crippen LogP contribution in [0.2, 0.25) is 0 Å². The van der Waals surface area contributed by atoms with E-state index in [1.54, 1.807) is 6.92 Å². The number of ether oxygens (including phenoxy) is 2. The molecule has 0 amide bonds. The van der Waals surface area contributed by atoms with Gasteiger partial charge in [-0.15, -0.1) is 0 Å². The Labute approximate surface area is 121 Å². The maximum atomic E-state index is 11.5. The largest absolute Gasteiger partial charge is 0.466 e. The maximum Gasteiger partial charge on any atom is 0.322 e. The molecule has 1 saturated carbocycles. The maximum absolute atomic E-state index is 11.5. The van der Waals surface area contributed by atoms with Crippen LogP contribution in [-0.4, -0.2) is 31.2 Å². The molecule has 0 saturated heterocycles. The van der Waals surface area contributed by atoms with Gasteiger partial charge < -0.3 is 15.2 Å². The lowest BCUT2D eigenvalue weighted by Gasteiger charge is -2.29. The summed E-state index contributed by atoms with van der Waals surface area (Å²) in [6, 6.07) is -0.512. The Balaban J connectivity index is 2.25. The number of carbonyl (C=O) groups is 2. The van der Waals surface area contributed by atoms with Crippen LogP contribution in [0, 0.1) is 11.8 Å². The zero-order valence-corrected chi connectivity index (χ0v) is 12.6. The minimum absolute atomic E-state index is 0.0980. The summed E-state index contributed by atoms with van der Waals surface area (Å²) in [4.78, 5) is 22.9. The Morgan fingerprint density at radius 2 is 1.60 bits per heavy atom. The second-order valence-corrected chi connectivity index (χ2v) is 5.49. The van der Waals surface area contributed by atoms with E-state index in [0.717, 1.165) is 25.7 Å². The third-order valence-electron chi connectivity index (χ3n) is 3.90. The number of rotatable bonds is 7. The zero-order valence-electron chi connectivity index (χ0n) is 12.6. The van der Waals surface area contributed by atoms with Gasteiger partial charge in [-0.05, 0) is 44.9 Å². The van der Waals surface area contributed by atoms with Crippen LogP contribution >= 0.6 is 0 Å². The van der Waals surface area contributed by atoms with Crippen LogP contribution in [0.15, 0.2) is 0 Å². The van der Waals surface area contributed by atoms with E-state index in [1.807, 2.05) is 6.92 Å². The van der Waals surface area contributed by atoms with Gasteiger partial charge in [-0.3, -0.25) is 9.59 Å². The Hall–Kier alpha value is -1.10. The molecular weight excluding hydrogens is 258 g/mol. The summed E-state index contributed by atoms with van der Waals surface area (Å²) in [5.74, 6) is 0.484. The van der Waals surface area contributed by atoms with Crippen molar-refractivity contribution in [2.45, 2.75) is 58.4 Å². The average molecular weight is 285 g/mol. The quantitative estimate of drug-likeness (QED) is 0.724. The third-order valence-corrected chi connectivity index (χ3v) is 3.90. The second kappa shape index (κ2) is 8.95. The molecule has 0 heterocycles. The molecule has 1 aliphatic carbocycles. The van der Waals surface area contributed by atoms with Gasteiger partial charge in [0.15, 0.2) is 0 Å². The molecule has 2 N–H and O–H groups in total. The van der Waals surface area contributed by atoms with Gasteiger partial charge in [0.1, 0.15) is 6.04 Å². The average Bonchev–Trinajstić information content (AvgIpc) is 2.41. The Bertz CT molecular complexity index is 311. The smallest absolute Gasteiger partial charge is 0.322 e. The normalized spacial score (nSPS) is 23.9. The van der Waals surface area contributed by atoms with Crippen molar-refractivity contribution in [3.8, 4) is 0 Å². The fourth-order valence-electron chi connectivity index (χ4n) is 2.83. The van der Waals surface area contributed by atoms with Gasteiger partial charge in [0, 0.05) is 6.42 Å². The van der Waals surface area contributed by atoms with Crippen molar-refractivity contribution in [3.63, 3.8) is 0 Å². The van der Waals surface area contributed by atoms with Gasteiger partial charge in [-0.1, -0.05) is 12.8 Å². The topological polar surface area (TPSA) is 78.6 Å². The fourth-order valence-corrected chi connectivity index (χ4v) is 2.83. The highest BCUT2D eigenvalue weighted by molar-refractivity contribution is 5.75.